The van der Waals surface area contributed by atoms with Crippen LogP contribution in [0, 0.1) is 12.7 Å². The second-order valence-corrected chi connectivity index (χ2v) is 9.65. The summed E-state index contributed by atoms with van der Waals surface area (Å²) in [6.07, 6.45) is 4.36. The lowest BCUT2D eigenvalue weighted by Gasteiger charge is -2.25. The van der Waals surface area contributed by atoms with Gasteiger partial charge in [-0.2, -0.15) is 0 Å². The first-order valence-electron chi connectivity index (χ1n) is 12.5. The number of halogens is 2. The van der Waals surface area contributed by atoms with Crippen molar-refractivity contribution in [1.82, 2.24) is 5.32 Å². The summed E-state index contributed by atoms with van der Waals surface area (Å²) in [7, 11) is 0. The maximum atomic E-state index is 14.3. The lowest BCUT2D eigenvalue weighted by Crippen LogP contribution is -2.32. The number of benzene rings is 3. The van der Waals surface area contributed by atoms with E-state index in [0.717, 1.165) is 49.2 Å². The Morgan fingerprint density at radius 2 is 1.95 bits per heavy atom. The first-order chi connectivity index (χ1) is 17.9. The third-order valence-corrected chi connectivity index (χ3v) is 7.02. The minimum absolute atomic E-state index is 0.139. The van der Waals surface area contributed by atoms with E-state index in [2.05, 4.69) is 17.2 Å². The fourth-order valence-electron chi connectivity index (χ4n) is 4.83. The van der Waals surface area contributed by atoms with Gasteiger partial charge in [0.15, 0.2) is 0 Å². The second kappa shape index (κ2) is 12.2. The maximum Gasteiger partial charge on any atom is 0.258 e. The first-order valence-corrected chi connectivity index (χ1v) is 12.9. The Balaban J connectivity index is 1.55. The molecule has 3 aromatic carbocycles. The van der Waals surface area contributed by atoms with Gasteiger partial charge in [0.2, 0.25) is 0 Å². The molecule has 2 N–H and O–H groups in total. The normalized spacial score (nSPS) is 15.0. The predicted molar refractivity (Wildman–Crippen MR) is 148 cm³/mol. The monoisotopic (exact) mass is 519 g/mol. The maximum absolute atomic E-state index is 14.3. The van der Waals surface area contributed by atoms with Gasteiger partial charge in [-0.1, -0.05) is 29.8 Å². The lowest BCUT2D eigenvalue weighted by atomic mass is 9.91. The third kappa shape index (κ3) is 6.27. The summed E-state index contributed by atoms with van der Waals surface area (Å²) in [5.41, 5.74) is 3.85. The van der Waals surface area contributed by atoms with Crippen molar-refractivity contribution >= 4 is 34.8 Å². The van der Waals surface area contributed by atoms with Gasteiger partial charge < -0.3 is 15.5 Å². The highest BCUT2D eigenvalue weighted by molar-refractivity contribution is 6.34. The van der Waals surface area contributed by atoms with Crippen molar-refractivity contribution in [1.29, 1.82) is 0 Å². The van der Waals surface area contributed by atoms with Crippen LogP contribution in [0.4, 0.5) is 15.8 Å². The number of rotatable bonds is 8. The van der Waals surface area contributed by atoms with Crippen LogP contribution in [0.25, 0.3) is 0 Å². The van der Waals surface area contributed by atoms with E-state index in [1.165, 1.54) is 6.07 Å². The van der Waals surface area contributed by atoms with Gasteiger partial charge in [-0.3, -0.25) is 9.59 Å². The highest BCUT2D eigenvalue weighted by Crippen LogP contribution is 2.37. The Hall–Kier alpha value is -3.48. The van der Waals surface area contributed by atoms with Gasteiger partial charge in [0.25, 0.3) is 11.8 Å². The molecule has 1 atom stereocenters. The smallest absolute Gasteiger partial charge is 0.258 e. The molecule has 5 nitrogen and oxygen atoms in total. The molecule has 0 aliphatic carbocycles. The SMILES string of the molecule is C=CCNCCC1CCCN(C(=O)c2ccc(NC(=O)c3ccccc3Cl)cc2C)c2ccc(F)cc21. The molecule has 0 fully saturated rings. The molecule has 1 aliphatic heterocycles. The van der Waals surface area contributed by atoms with E-state index in [4.69, 9.17) is 11.6 Å². The van der Waals surface area contributed by atoms with E-state index in [1.54, 1.807) is 59.5 Å². The summed E-state index contributed by atoms with van der Waals surface area (Å²) in [5.74, 6) is -0.600. The first kappa shape index (κ1) is 26.6. The summed E-state index contributed by atoms with van der Waals surface area (Å²) in [5, 5.41) is 6.54. The number of hydrogen-bond donors (Lipinski definition) is 2. The standard InChI is InChI=1S/C30H31ClFN3O2/c1-3-15-33-16-14-21-7-6-17-35(28-13-10-22(32)19-26(21)28)30(37)24-12-11-23(18-20(24)2)34-29(36)25-8-4-5-9-27(25)31/h3-5,8-13,18-19,21,33H,1,6-7,14-17H2,2H3,(H,34,36). The molecule has 0 saturated carbocycles. The third-order valence-electron chi connectivity index (χ3n) is 6.69. The quantitative estimate of drug-likeness (QED) is 0.256. The van der Waals surface area contributed by atoms with Crippen LogP contribution in [-0.4, -0.2) is 31.4 Å². The van der Waals surface area contributed by atoms with Crippen LogP contribution < -0.4 is 15.5 Å². The van der Waals surface area contributed by atoms with Gasteiger partial charge in [-0.15, -0.1) is 6.58 Å². The molecule has 0 saturated heterocycles. The van der Waals surface area contributed by atoms with Crippen LogP contribution >= 0.6 is 11.6 Å². The Kier molecular flexibility index (Phi) is 8.74. The van der Waals surface area contributed by atoms with Gasteiger partial charge in [0, 0.05) is 30.0 Å². The van der Waals surface area contributed by atoms with Crippen molar-refractivity contribution in [3.8, 4) is 0 Å². The largest absolute Gasteiger partial charge is 0.322 e. The number of nitrogens with one attached hydrogen (secondary N) is 2. The molecule has 7 heteroatoms. The fraction of sp³-hybridized carbons (Fsp3) is 0.267. The average molecular weight is 520 g/mol. The molecule has 3 aromatic rings. The summed E-state index contributed by atoms with van der Waals surface area (Å²) < 4.78 is 14.3. The minimum atomic E-state index is -0.318. The molecular weight excluding hydrogens is 489 g/mol. The van der Waals surface area contributed by atoms with E-state index in [9.17, 15) is 14.0 Å². The number of anilines is 2. The number of nitrogens with zero attached hydrogens (tertiary/aromatic N) is 1. The summed E-state index contributed by atoms with van der Waals surface area (Å²) in [4.78, 5) is 28.1. The van der Waals surface area contributed by atoms with E-state index in [1.807, 2.05) is 13.0 Å². The van der Waals surface area contributed by atoms with Crippen LogP contribution in [-0.2, 0) is 0 Å². The number of hydrogen-bond acceptors (Lipinski definition) is 3. The number of amides is 2. The topological polar surface area (TPSA) is 61.4 Å². The van der Waals surface area contributed by atoms with Gasteiger partial charge in [0.05, 0.1) is 10.6 Å². The molecule has 0 radical (unpaired) electrons. The molecule has 1 unspecified atom stereocenters. The van der Waals surface area contributed by atoms with Gasteiger partial charge in [0.1, 0.15) is 5.82 Å². The van der Waals surface area contributed by atoms with Crippen LogP contribution in [0.2, 0.25) is 5.02 Å². The van der Waals surface area contributed by atoms with Crippen molar-refractivity contribution in [3.05, 3.63) is 106 Å². The van der Waals surface area contributed by atoms with Crippen molar-refractivity contribution in [2.45, 2.75) is 32.1 Å². The van der Waals surface area contributed by atoms with Crippen LogP contribution in [0.1, 0.15) is 57.0 Å². The Bertz CT molecular complexity index is 1310. The highest BCUT2D eigenvalue weighted by atomic mass is 35.5. The van der Waals surface area contributed by atoms with Crippen LogP contribution in [0.3, 0.4) is 0 Å². The highest BCUT2D eigenvalue weighted by Gasteiger charge is 2.28. The Morgan fingerprint density at radius 1 is 1.14 bits per heavy atom. The average Bonchev–Trinajstić information content (AvgIpc) is 3.05. The molecule has 192 valence electrons. The number of carbonyl (C=O) groups excluding carboxylic acids is 2. The predicted octanol–water partition coefficient (Wildman–Crippen LogP) is 6.73. The molecule has 0 bridgehead atoms. The molecule has 4 rings (SSSR count). The Morgan fingerprint density at radius 3 is 2.70 bits per heavy atom. The van der Waals surface area contributed by atoms with E-state index >= 15 is 0 Å². The van der Waals surface area contributed by atoms with Crippen LogP contribution in [0.5, 0.6) is 0 Å². The number of aryl methyl sites for hydroxylation is 1. The van der Waals surface area contributed by atoms with Crippen molar-refractivity contribution in [2.75, 3.05) is 29.9 Å². The van der Waals surface area contributed by atoms with Gasteiger partial charge in [-0.05, 0) is 98.3 Å². The van der Waals surface area contributed by atoms with E-state index < -0.39 is 0 Å². The van der Waals surface area contributed by atoms with Crippen molar-refractivity contribution in [2.24, 2.45) is 0 Å². The molecule has 37 heavy (non-hydrogen) atoms. The number of fused-ring (bicyclic) bond motifs is 1. The molecule has 0 aromatic heterocycles. The summed E-state index contributed by atoms with van der Waals surface area (Å²) in [6.45, 7) is 7.64. The Labute approximate surface area is 222 Å². The van der Waals surface area contributed by atoms with Crippen molar-refractivity contribution in [3.63, 3.8) is 0 Å². The molecule has 1 aliphatic rings. The molecule has 1 heterocycles. The zero-order chi connectivity index (χ0) is 26.4. The van der Waals surface area contributed by atoms with E-state index in [0.29, 0.717) is 28.4 Å². The van der Waals surface area contributed by atoms with Gasteiger partial charge >= 0.3 is 0 Å². The molecule has 2 amide bonds. The van der Waals surface area contributed by atoms with Crippen LogP contribution in [0.15, 0.2) is 73.3 Å². The van der Waals surface area contributed by atoms with E-state index in [-0.39, 0.29) is 23.5 Å². The molecular formula is C30H31ClFN3O2. The summed E-state index contributed by atoms with van der Waals surface area (Å²) >= 11 is 6.14. The summed E-state index contributed by atoms with van der Waals surface area (Å²) in [6, 6.07) is 16.8. The fourth-order valence-corrected chi connectivity index (χ4v) is 5.05. The zero-order valence-electron chi connectivity index (χ0n) is 20.9. The van der Waals surface area contributed by atoms with Gasteiger partial charge in [-0.25, -0.2) is 4.39 Å². The van der Waals surface area contributed by atoms with Crippen molar-refractivity contribution < 1.29 is 14.0 Å². The lowest BCUT2D eigenvalue weighted by molar-refractivity contribution is 0.0985. The molecule has 0 spiro atoms. The zero-order valence-corrected chi connectivity index (χ0v) is 21.7. The number of carbonyl (C=O) groups is 2. The minimum Gasteiger partial charge on any atom is -0.322 e. The second-order valence-electron chi connectivity index (χ2n) is 9.24.